The summed E-state index contributed by atoms with van der Waals surface area (Å²) in [6.07, 6.45) is 7.55. The molecular weight excluding hydrogens is 352 g/mol. The average Bonchev–Trinajstić information content (AvgIpc) is 3.46. The van der Waals surface area contributed by atoms with Gasteiger partial charge in [0.25, 0.3) is 0 Å². The number of amides is 1. The third-order valence-corrected chi connectivity index (χ3v) is 6.64. The smallest absolute Gasteiger partial charge is 0.233 e. The zero-order valence-corrected chi connectivity index (χ0v) is 17.0. The molecule has 3 heterocycles. The summed E-state index contributed by atoms with van der Waals surface area (Å²) in [6.45, 7) is 7.49. The molecule has 1 aromatic rings. The Morgan fingerprint density at radius 2 is 1.61 bits per heavy atom. The van der Waals surface area contributed by atoms with Gasteiger partial charge in [-0.1, -0.05) is 12.1 Å². The lowest BCUT2D eigenvalue weighted by atomic mass is 9.73. The Morgan fingerprint density at radius 1 is 0.964 bits per heavy atom. The number of carbonyl (C=O) groups excluding carboxylic acids is 1. The fourth-order valence-electron chi connectivity index (χ4n) is 4.92. The van der Waals surface area contributed by atoms with E-state index < -0.39 is 5.41 Å². The Morgan fingerprint density at radius 3 is 2.29 bits per heavy atom. The summed E-state index contributed by atoms with van der Waals surface area (Å²) < 4.78 is 11.5. The quantitative estimate of drug-likeness (QED) is 0.675. The molecule has 0 spiro atoms. The van der Waals surface area contributed by atoms with Crippen LogP contribution in [0.2, 0.25) is 0 Å². The van der Waals surface area contributed by atoms with Gasteiger partial charge in [-0.05, 0) is 75.7 Å². The van der Waals surface area contributed by atoms with E-state index in [9.17, 15) is 4.79 Å². The molecular formula is C23H34N2O3. The van der Waals surface area contributed by atoms with E-state index in [1.165, 1.54) is 25.9 Å². The highest BCUT2D eigenvalue weighted by atomic mass is 16.5. The summed E-state index contributed by atoms with van der Waals surface area (Å²) in [5.74, 6) is 1.20. The minimum absolute atomic E-state index is 0.299. The lowest BCUT2D eigenvalue weighted by Crippen LogP contribution is -2.49. The second-order valence-corrected chi connectivity index (χ2v) is 8.47. The summed E-state index contributed by atoms with van der Waals surface area (Å²) in [6, 6.07) is 8.30. The van der Waals surface area contributed by atoms with Crippen molar-refractivity contribution < 1.29 is 14.3 Å². The van der Waals surface area contributed by atoms with Gasteiger partial charge in [0.05, 0.1) is 12.0 Å². The van der Waals surface area contributed by atoms with Crippen molar-refractivity contribution in [3.8, 4) is 5.75 Å². The van der Waals surface area contributed by atoms with Crippen LogP contribution < -0.4 is 4.74 Å². The van der Waals surface area contributed by atoms with E-state index in [-0.39, 0.29) is 0 Å². The Balaban J connectivity index is 1.37. The number of rotatable bonds is 7. The van der Waals surface area contributed by atoms with Crippen LogP contribution in [0, 0.1) is 0 Å². The molecule has 0 aliphatic carbocycles. The van der Waals surface area contributed by atoms with Crippen LogP contribution in [-0.4, -0.2) is 68.3 Å². The Labute approximate surface area is 169 Å². The molecule has 0 aromatic heterocycles. The molecule has 28 heavy (non-hydrogen) atoms. The van der Waals surface area contributed by atoms with Crippen molar-refractivity contribution in [2.45, 2.75) is 50.4 Å². The standard InChI is InChI=1S/C23H34N2O3/c26-22(25-15-3-4-16-25)23(10-18-27-19-11-23)20-6-8-21(9-7-20)28-17-5-14-24-12-1-2-13-24/h6-9H,1-5,10-19H2. The van der Waals surface area contributed by atoms with Crippen LogP contribution >= 0.6 is 0 Å². The van der Waals surface area contributed by atoms with Crippen LogP contribution in [0.4, 0.5) is 0 Å². The van der Waals surface area contributed by atoms with Gasteiger partial charge in [0.1, 0.15) is 5.75 Å². The molecule has 3 aliphatic heterocycles. The van der Waals surface area contributed by atoms with Crippen molar-refractivity contribution in [1.82, 2.24) is 9.80 Å². The number of nitrogens with zero attached hydrogens (tertiary/aromatic N) is 2. The van der Waals surface area contributed by atoms with E-state index in [4.69, 9.17) is 9.47 Å². The SMILES string of the molecule is O=C(N1CCCC1)C1(c2ccc(OCCCN3CCCC3)cc2)CCOCC1. The van der Waals surface area contributed by atoms with Gasteiger partial charge in [0.2, 0.25) is 5.91 Å². The molecule has 3 saturated heterocycles. The van der Waals surface area contributed by atoms with E-state index in [0.717, 1.165) is 69.7 Å². The fraction of sp³-hybridized carbons (Fsp3) is 0.696. The highest BCUT2D eigenvalue weighted by molar-refractivity contribution is 5.88. The predicted octanol–water partition coefficient (Wildman–Crippen LogP) is 3.22. The molecule has 5 nitrogen and oxygen atoms in total. The molecule has 154 valence electrons. The first-order valence-corrected chi connectivity index (χ1v) is 11.1. The first-order valence-electron chi connectivity index (χ1n) is 11.1. The highest BCUT2D eigenvalue weighted by Gasteiger charge is 2.44. The molecule has 0 unspecified atom stereocenters. The average molecular weight is 387 g/mol. The number of hydrogen-bond acceptors (Lipinski definition) is 4. The second kappa shape index (κ2) is 9.27. The molecule has 0 radical (unpaired) electrons. The topological polar surface area (TPSA) is 42.0 Å². The Hall–Kier alpha value is -1.59. The third-order valence-electron chi connectivity index (χ3n) is 6.64. The highest BCUT2D eigenvalue weighted by Crippen LogP contribution is 2.38. The van der Waals surface area contributed by atoms with E-state index in [1.54, 1.807) is 0 Å². The lowest BCUT2D eigenvalue weighted by Gasteiger charge is -2.39. The largest absolute Gasteiger partial charge is 0.494 e. The summed E-state index contributed by atoms with van der Waals surface area (Å²) >= 11 is 0. The van der Waals surface area contributed by atoms with E-state index in [0.29, 0.717) is 19.1 Å². The Kier molecular flexibility index (Phi) is 6.53. The van der Waals surface area contributed by atoms with Gasteiger partial charge in [0, 0.05) is 32.8 Å². The third kappa shape index (κ3) is 4.36. The normalized spacial score (nSPS) is 22.5. The van der Waals surface area contributed by atoms with Crippen molar-refractivity contribution in [3.63, 3.8) is 0 Å². The monoisotopic (exact) mass is 386 g/mol. The number of likely N-dealkylation sites (tertiary alicyclic amines) is 2. The van der Waals surface area contributed by atoms with Crippen LogP contribution in [0.3, 0.4) is 0 Å². The molecule has 4 rings (SSSR count). The summed E-state index contributed by atoms with van der Waals surface area (Å²) in [4.78, 5) is 18.0. The number of carbonyl (C=O) groups is 1. The van der Waals surface area contributed by atoms with Gasteiger partial charge in [-0.15, -0.1) is 0 Å². The molecule has 0 saturated carbocycles. The van der Waals surface area contributed by atoms with Crippen molar-refractivity contribution in [2.75, 3.05) is 52.5 Å². The molecule has 1 aromatic carbocycles. The van der Waals surface area contributed by atoms with Crippen LogP contribution in [0.5, 0.6) is 5.75 Å². The summed E-state index contributed by atoms with van der Waals surface area (Å²) in [5.41, 5.74) is 0.703. The van der Waals surface area contributed by atoms with Gasteiger partial charge in [-0.2, -0.15) is 0 Å². The van der Waals surface area contributed by atoms with Gasteiger partial charge in [-0.3, -0.25) is 4.79 Å². The van der Waals surface area contributed by atoms with Gasteiger partial charge in [-0.25, -0.2) is 0 Å². The lowest BCUT2D eigenvalue weighted by molar-refractivity contribution is -0.140. The number of benzene rings is 1. The van der Waals surface area contributed by atoms with Crippen molar-refractivity contribution in [2.24, 2.45) is 0 Å². The van der Waals surface area contributed by atoms with Crippen molar-refractivity contribution in [3.05, 3.63) is 29.8 Å². The summed E-state index contributed by atoms with van der Waals surface area (Å²) in [5, 5.41) is 0. The van der Waals surface area contributed by atoms with E-state index in [2.05, 4.69) is 21.9 Å². The first kappa shape index (κ1) is 19.7. The zero-order valence-electron chi connectivity index (χ0n) is 17.0. The van der Waals surface area contributed by atoms with Gasteiger partial charge >= 0.3 is 0 Å². The maximum absolute atomic E-state index is 13.4. The first-order chi connectivity index (χ1) is 13.8. The minimum atomic E-state index is -0.420. The van der Waals surface area contributed by atoms with E-state index >= 15 is 0 Å². The minimum Gasteiger partial charge on any atom is -0.494 e. The number of ether oxygens (including phenoxy) is 2. The van der Waals surface area contributed by atoms with Crippen molar-refractivity contribution in [1.29, 1.82) is 0 Å². The maximum atomic E-state index is 13.4. The Bertz CT molecular complexity index is 628. The van der Waals surface area contributed by atoms with Crippen LogP contribution in [0.15, 0.2) is 24.3 Å². The van der Waals surface area contributed by atoms with Crippen LogP contribution in [-0.2, 0) is 14.9 Å². The summed E-state index contributed by atoms with van der Waals surface area (Å²) in [7, 11) is 0. The molecule has 5 heteroatoms. The fourth-order valence-corrected chi connectivity index (χ4v) is 4.92. The molecule has 0 bridgehead atoms. The second-order valence-electron chi connectivity index (χ2n) is 8.47. The van der Waals surface area contributed by atoms with Gasteiger partial charge in [0.15, 0.2) is 0 Å². The molecule has 0 atom stereocenters. The van der Waals surface area contributed by atoms with Crippen molar-refractivity contribution >= 4 is 5.91 Å². The van der Waals surface area contributed by atoms with Gasteiger partial charge < -0.3 is 19.3 Å². The van der Waals surface area contributed by atoms with Crippen LogP contribution in [0.1, 0.15) is 50.5 Å². The number of hydrogen-bond donors (Lipinski definition) is 0. The molecule has 3 aliphatic rings. The maximum Gasteiger partial charge on any atom is 0.233 e. The van der Waals surface area contributed by atoms with E-state index in [1.807, 2.05) is 12.1 Å². The molecule has 1 amide bonds. The molecule has 0 N–H and O–H groups in total. The predicted molar refractivity (Wildman–Crippen MR) is 110 cm³/mol. The molecule has 3 fully saturated rings. The zero-order chi connectivity index (χ0) is 19.2. The van der Waals surface area contributed by atoms with Crippen LogP contribution in [0.25, 0.3) is 0 Å².